The van der Waals surface area contributed by atoms with Crippen LogP contribution in [0.15, 0.2) is 24.4 Å². The molecule has 9 nitrogen and oxygen atoms in total. The maximum atomic E-state index is 11.2. The Kier molecular flexibility index (Phi) is 9.46. The molecule has 0 spiro atoms. The Morgan fingerprint density at radius 1 is 1.15 bits per heavy atom. The van der Waals surface area contributed by atoms with E-state index in [-0.39, 0.29) is 21.6 Å². The molecule has 2 aromatic heterocycles. The molecule has 1 saturated carbocycles. The third kappa shape index (κ3) is 8.06. The fourth-order valence-electron chi connectivity index (χ4n) is 4.72. The van der Waals surface area contributed by atoms with Crippen LogP contribution < -0.4 is 10.1 Å². The summed E-state index contributed by atoms with van der Waals surface area (Å²) in [5.74, 6) is 1.79. The summed E-state index contributed by atoms with van der Waals surface area (Å²) in [6.45, 7) is 23.2. The van der Waals surface area contributed by atoms with Crippen LogP contribution >= 0.6 is 0 Å². The van der Waals surface area contributed by atoms with Crippen LogP contribution in [-0.2, 0) is 9.96 Å². The summed E-state index contributed by atoms with van der Waals surface area (Å²) in [5.41, 5.74) is 0.769. The minimum atomic E-state index is -1.81. The summed E-state index contributed by atoms with van der Waals surface area (Å²) in [7, 11) is -1.81. The van der Waals surface area contributed by atoms with E-state index in [1.165, 1.54) is 0 Å². The minimum Gasteiger partial charge on any atom is -0.475 e. The van der Waals surface area contributed by atoms with E-state index in [1.807, 2.05) is 19.1 Å². The second-order valence-corrected chi connectivity index (χ2v) is 19.3. The molecule has 2 aromatic rings. The zero-order chi connectivity index (χ0) is 30.1. The van der Waals surface area contributed by atoms with Crippen LogP contribution in [0.1, 0.15) is 106 Å². The molecule has 2 heterocycles. The molecule has 3 atom stereocenters. The molecule has 0 saturated heterocycles. The first kappa shape index (κ1) is 32.1. The Hall–Kier alpha value is -2.46. The van der Waals surface area contributed by atoms with Gasteiger partial charge in [0.1, 0.15) is 5.82 Å². The maximum Gasteiger partial charge on any atom is 0.216 e. The van der Waals surface area contributed by atoms with Gasteiger partial charge in [0.05, 0.1) is 17.3 Å². The van der Waals surface area contributed by atoms with E-state index in [9.17, 15) is 10.1 Å². The molecule has 1 aliphatic rings. The number of hydrogen-bond donors (Lipinski definition) is 1. The average Bonchev–Trinajstić information content (AvgIpc) is 3.44. The third-order valence-corrected chi connectivity index (χ3v) is 13.0. The van der Waals surface area contributed by atoms with Crippen molar-refractivity contribution in [3.8, 4) is 5.88 Å². The number of ether oxygens (including phenoxy) is 1. The Morgan fingerprint density at radius 2 is 1.82 bits per heavy atom. The lowest BCUT2D eigenvalue weighted by Crippen LogP contribution is -2.43. The third-order valence-electron chi connectivity index (χ3n) is 8.42. The minimum absolute atomic E-state index is 0.197. The molecule has 3 rings (SSSR count). The highest BCUT2D eigenvalue weighted by Crippen LogP contribution is 2.43. The van der Waals surface area contributed by atoms with Gasteiger partial charge in [0.15, 0.2) is 8.32 Å². The molecule has 1 N–H and O–H groups in total. The van der Waals surface area contributed by atoms with Crippen molar-refractivity contribution < 1.29 is 14.1 Å². The highest BCUT2D eigenvalue weighted by Gasteiger charge is 2.41. The van der Waals surface area contributed by atoms with Gasteiger partial charge >= 0.3 is 0 Å². The fourth-order valence-corrected chi connectivity index (χ4v) is 6.12. The van der Waals surface area contributed by atoms with Gasteiger partial charge in [0.2, 0.25) is 11.4 Å². The van der Waals surface area contributed by atoms with E-state index in [1.54, 1.807) is 20.0 Å². The van der Waals surface area contributed by atoms with Gasteiger partial charge in [0.25, 0.3) is 0 Å². The van der Waals surface area contributed by atoms with Gasteiger partial charge in [-0.15, -0.1) is 0 Å². The van der Waals surface area contributed by atoms with Crippen molar-refractivity contribution >= 4 is 19.8 Å². The molecule has 0 aliphatic heterocycles. The van der Waals surface area contributed by atoms with Gasteiger partial charge in [-0.3, -0.25) is 10.1 Å². The number of aromatic nitrogens is 3. The van der Waals surface area contributed by atoms with Crippen LogP contribution in [0, 0.1) is 10.1 Å². The second-order valence-electron chi connectivity index (χ2n) is 14.6. The van der Waals surface area contributed by atoms with E-state index in [0.717, 1.165) is 36.5 Å². The lowest BCUT2D eigenvalue weighted by molar-refractivity contribution is -0.561. The van der Waals surface area contributed by atoms with E-state index in [0.29, 0.717) is 30.7 Å². The normalized spacial score (nSPS) is 19.5. The number of pyridine rings is 1. The second kappa shape index (κ2) is 11.8. The summed E-state index contributed by atoms with van der Waals surface area (Å²) < 4.78 is 14.8. The zero-order valence-corrected chi connectivity index (χ0v) is 27.5. The van der Waals surface area contributed by atoms with E-state index in [2.05, 4.69) is 75.7 Å². The van der Waals surface area contributed by atoms with Gasteiger partial charge in [-0.1, -0.05) is 20.8 Å². The van der Waals surface area contributed by atoms with Crippen molar-refractivity contribution in [1.82, 2.24) is 14.8 Å². The molecule has 0 radical (unpaired) electrons. The lowest BCUT2D eigenvalue weighted by Gasteiger charge is -2.38. The van der Waals surface area contributed by atoms with Crippen molar-refractivity contribution in [2.45, 2.75) is 142 Å². The molecule has 0 amide bonds. The summed E-state index contributed by atoms with van der Waals surface area (Å²) in [4.78, 5) is 15.4. The summed E-state index contributed by atoms with van der Waals surface area (Å²) in [5, 5.41) is 20.1. The van der Waals surface area contributed by atoms with Crippen LogP contribution in [0.3, 0.4) is 0 Å². The van der Waals surface area contributed by atoms with Crippen molar-refractivity contribution in [2.24, 2.45) is 0 Å². The number of anilines is 2. The Labute approximate surface area is 241 Å². The average molecular weight is 574 g/mol. The van der Waals surface area contributed by atoms with Crippen molar-refractivity contribution in [2.75, 3.05) is 5.32 Å². The highest BCUT2D eigenvalue weighted by atomic mass is 28.4. The molecular weight excluding hydrogens is 522 g/mol. The van der Waals surface area contributed by atoms with Gasteiger partial charge < -0.3 is 14.5 Å². The monoisotopic (exact) mass is 573 g/mol. The first-order valence-electron chi connectivity index (χ1n) is 14.6. The number of nitro groups is 1. The standard InChI is InChI=1S/C30H51N5O4Si/c1-21(14-16-30(8,9)35(36)37)38-27-19-23(15-17-31-27)32-26-20-25(33-34(26)28(2,3)4)22-12-13-24(18-22)39-40(10,11)29(5,6)7/h15,17,19-22,24H,12-14,16,18H2,1-11H3,(H,31,32)/t21?,22-,24+/m0/s1. The van der Waals surface area contributed by atoms with E-state index < -0.39 is 13.9 Å². The molecule has 10 heteroatoms. The molecule has 1 aliphatic carbocycles. The Morgan fingerprint density at radius 3 is 2.42 bits per heavy atom. The Balaban J connectivity index is 1.72. The van der Waals surface area contributed by atoms with Crippen LogP contribution in [0.2, 0.25) is 18.1 Å². The lowest BCUT2D eigenvalue weighted by atomic mass is 9.98. The molecule has 1 unspecified atom stereocenters. The maximum absolute atomic E-state index is 11.2. The van der Waals surface area contributed by atoms with Crippen molar-refractivity contribution in [1.29, 1.82) is 0 Å². The first-order valence-corrected chi connectivity index (χ1v) is 17.5. The zero-order valence-electron chi connectivity index (χ0n) is 26.5. The molecule has 40 heavy (non-hydrogen) atoms. The summed E-state index contributed by atoms with van der Waals surface area (Å²) in [6, 6.07) is 5.95. The van der Waals surface area contributed by atoms with Crippen LogP contribution in [0.5, 0.6) is 5.88 Å². The van der Waals surface area contributed by atoms with Gasteiger partial charge in [-0.25, -0.2) is 9.67 Å². The van der Waals surface area contributed by atoms with Crippen LogP contribution in [-0.4, -0.2) is 45.8 Å². The molecular formula is C30H51N5O4Si. The smallest absolute Gasteiger partial charge is 0.216 e. The topological polar surface area (TPSA) is 104 Å². The van der Waals surface area contributed by atoms with Gasteiger partial charge in [0, 0.05) is 61.2 Å². The van der Waals surface area contributed by atoms with E-state index in [4.69, 9.17) is 14.3 Å². The first-order chi connectivity index (χ1) is 18.3. The molecule has 0 aromatic carbocycles. The van der Waals surface area contributed by atoms with Gasteiger partial charge in [-0.05, 0) is 77.6 Å². The van der Waals surface area contributed by atoms with E-state index >= 15 is 0 Å². The molecule has 1 fully saturated rings. The Bertz CT molecular complexity index is 1170. The predicted octanol–water partition coefficient (Wildman–Crippen LogP) is 8.04. The summed E-state index contributed by atoms with van der Waals surface area (Å²) in [6.07, 6.45) is 5.96. The predicted molar refractivity (Wildman–Crippen MR) is 164 cm³/mol. The van der Waals surface area contributed by atoms with Crippen molar-refractivity contribution in [3.05, 3.63) is 40.2 Å². The quantitative estimate of drug-likeness (QED) is 0.165. The number of nitrogens with one attached hydrogen (secondary N) is 1. The number of nitrogens with zero attached hydrogens (tertiary/aromatic N) is 4. The van der Waals surface area contributed by atoms with Crippen LogP contribution in [0.25, 0.3) is 0 Å². The van der Waals surface area contributed by atoms with Gasteiger partial charge in [-0.2, -0.15) is 5.10 Å². The molecule has 224 valence electrons. The SMILES string of the molecule is CC(CCC(C)(C)[N+](=O)[O-])Oc1cc(Nc2cc([C@H]3CC[C@@H](O[Si](C)(C)C(C)(C)C)C3)nn2C(C)(C)C)ccn1. The summed E-state index contributed by atoms with van der Waals surface area (Å²) >= 11 is 0. The molecule has 0 bridgehead atoms. The largest absolute Gasteiger partial charge is 0.475 e. The van der Waals surface area contributed by atoms with Crippen molar-refractivity contribution in [3.63, 3.8) is 0 Å². The fraction of sp³-hybridized carbons (Fsp3) is 0.733. The number of hydrogen-bond acceptors (Lipinski definition) is 7. The van der Waals surface area contributed by atoms with Crippen LogP contribution in [0.4, 0.5) is 11.5 Å². The number of rotatable bonds is 11. The highest BCUT2D eigenvalue weighted by molar-refractivity contribution is 6.74.